The Bertz CT molecular complexity index is 1030. The first-order valence-electron chi connectivity index (χ1n) is 11.9. The highest BCUT2D eigenvalue weighted by Gasteiger charge is 2.41. The maximum absolute atomic E-state index is 13.4. The molecule has 0 bridgehead atoms. The summed E-state index contributed by atoms with van der Waals surface area (Å²) in [6.45, 7) is 9.85. The molecule has 2 unspecified atom stereocenters. The van der Waals surface area contributed by atoms with Crippen LogP contribution in [0.4, 0.5) is 10.1 Å². The van der Waals surface area contributed by atoms with Gasteiger partial charge in [-0.2, -0.15) is 0 Å². The number of ether oxygens (including phenoxy) is 1. The number of anilines is 1. The van der Waals surface area contributed by atoms with Gasteiger partial charge in [0.05, 0.1) is 30.2 Å². The molecule has 2 atom stereocenters. The summed E-state index contributed by atoms with van der Waals surface area (Å²) in [7, 11) is 1.54. The summed E-state index contributed by atoms with van der Waals surface area (Å²) in [6.07, 6.45) is -0.428. The smallest absolute Gasteiger partial charge is 0.241 e. The van der Waals surface area contributed by atoms with Gasteiger partial charge < -0.3 is 20.1 Å². The Kier molecular flexibility index (Phi) is 7.33. The summed E-state index contributed by atoms with van der Waals surface area (Å²) in [4.78, 5) is 22.4. The molecule has 0 aliphatic carbocycles. The van der Waals surface area contributed by atoms with Crippen LogP contribution in [0.25, 0.3) is 0 Å². The standard InChI is InChI=1S/C26H35FN4O3/c1-17-13-30(10-9-28-17)14-23(33)31-16-26(2,3)25-21(31)12-19(24(29-25)22(32)15-34-4)11-18-5-7-20(27)8-6-18/h5-8,12,17,22,28,32H,9-11,13-16H2,1-4H3. The monoisotopic (exact) mass is 470 g/mol. The van der Waals surface area contributed by atoms with E-state index in [9.17, 15) is 14.3 Å². The van der Waals surface area contributed by atoms with E-state index in [-0.39, 0.29) is 23.7 Å². The normalized spacial score (nSPS) is 20.9. The van der Waals surface area contributed by atoms with E-state index in [1.54, 1.807) is 12.1 Å². The number of carbonyl (C=O) groups excluding carboxylic acids is 1. The summed E-state index contributed by atoms with van der Waals surface area (Å²) < 4.78 is 18.6. The number of pyridine rings is 1. The Hall–Kier alpha value is -2.39. The van der Waals surface area contributed by atoms with Crippen LogP contribution < -0.4 is 10.2 Å². The molecule has 0 saturated carbocycles. The molecule has 7 nitrogen and oxygen atoms in total. The van der Waals surface area contributed by atoms with E-state index in [1.807, 2.05) is 11.0 Å². The SMILES string of the molecule is COCC(O)c1nc2c(cc1Cc1ccc(F)cc1)N(C(=O)CN1CCNC(C)C1)CC2(C)C. The van der Waals surface area contributed by atoms with E-state index >= 15 is 0 Å². The number of amides is 1. The van der Waals surface area contributed by atoms with Crippen molar-refractivity contribution in [1.29, 1.82) is 0 Å². The highest BCUT2D eigenvalue weighted by molar-refractivity contribution is 5.97. The largest absolute Gasteiger partial charge is 0.384 e. The first-order chi connectivity index (χ1) is 16.2. The van der Waals surface area contributed by atoms with E-state index in [0.717, 1.165) is 42.1 Å². The van der Waals surface area contributed by atoms with Crippen LogP contribution in [0.15, 0.2) is 30.3 Å². The highest BCUT2D eigenvalue weighted by Crippen LogP contribution is 2.41. The number of halogens is 1. The second-order valence-electron chi connectivity index (χ2n) is 10.1. The van der Waals surface area contributed by atoms with Crippen LogP contribution in [0, 0.1) is 5.82 Å². The molecule has 1 fully saturated rings. The zero-order valence-corrected chi connectivity index (χ0v) is 20.5. The number of nitrogens with zero attached hydrogens (tertiary/aromatic N) is 3. The fraction of sp³-hybridized carbons (Fsp3) is 0.538. The summed E-state index contributed by atoms with van der Waals surface area (Å²) >= 11 is 0. The maximum Gasteiger partial charge on any atom is 0.241 e. The third kappa shape index (κ3) is 5.30. The van der Waals surface area contributed by atoms with Crippen molar-refractivity contribution in [1.82, 2.24) is 15.2 Å². The summed E-state index contributed by atoms with van der Waals surface area (Å²) in [5.74, 6) is -0.239. The summed E-state index contributed by atoms with van der Waals surface area (Å²) in [5.41, 5.74) is 3.51. The first kappa shape index (κ1) is 24.7. The van der Waals surface area contributed by atoms with Crippen molar-refractivity contribution in [3.63, 3.8) is 0 Å². The van der Waals surface area contributed by atoms with E-state index in [1.165, 1.54) is 19.2 Å². The number of aliphatic hydroxyl groups excluding tert-OH is 1. The molecule has 1 saturated heterocycles. The first-order valence-corrected chi connectivity index (χ1v) is 11.9. The van der Waals surface area contributed by atoms with Gasteiger partial charge in [-0.05, 0) is 42.7 Å². The number of aliphatic hydroxyl groups is 1. The van der Waals surface area contributed by atoms with E-state index in [0.29, 0.717) is 31.2 Å². The van der Waals surface area contributed by atoms with E-state index < -0.39 is 6.10 Å². The number of hydrogen-bond donors (Lipinski definition) is 2. The molecule has 3 heterocycles. The fourth-order valence-corrected chi connectivity index (χ4v) is 4.96. The van der Waals surface area contributed by atoms with Crippen LogP contribution in [0.5, 0.6) is 0 Å². The van der Waals surface area contributed by atoms with Gasteiger partial charge in [0.15, 0.2) is 0 Å². The second-order valence-corrected chi connectivity index (χ2v) is 10.1. The van der Waals surface area contributed by atoms with Gasteiger partial charge in [0, 0.05) is 44.7 Å². The average Bonchev–Trinajstić information content (AvgIpc) is 3.05. The Morgan fingerprint density at radius 3 is 2.76 bits per heavy atom. The molecule has 4 rings (SSSR count). The predicted octanol–water partition coefficient (Wildman–Crippen LogP) is 2.41. The predicted molar refractivity (Wildman–Crippen MR) is 130 cm³/mol. The van der Waals surface area contributed by atoms with Crippen molar-refractivity contribution in [3.8, 4) is 0 Å². The third-order valence-corrected chi connectivity index (χ3v) is 6.66. The number of aromatic nitrogens is 1. The van der Waals surface area contributed by atoms with Crippen molar-refractivity contribution >= 4 is 11.6 Å². The average molecular weight is 471 g/mol. The van der Waals surface area contributed by atoms with Crippen molar-refractivity contribution in [2.75, 3.05) is 51.3 Å². The molecule has 0 radical (unpaired) electrons. The number of nitrogens with one attached hydrogen (secondary N) is 1. The number of carbonyl (C=O) groups is 1. The van der Waals surface area contributed by atoms with Gasteiger partial charge in [0.1, 0.15) is 11.9 Å². The van der Waals surface area contributed by atoms with Gasteiger partial charge in [0.25, 0.3) is 0 Å². The molecule has 2 aromatic rings. The molecule has 8 heteroatoms. The van der Waals surface area contributed by atoms with Crippen LogP contribution in [0.3, 0.4) is 0 Å². The minimum Gasteiger partial charge on any atom is -0.384 e. The molecule has 2 aliphatic rings. The third-order valence-electron chi connectivity index (χ3n) is 6.66. The van der Waals surface area contributed by atoms with Crippen molar-refractivity contribution in [3.05, 3.63) is 58.7 Å². The van der Waals surface area contributed by atoms with Gasteiger partial charge in [0.2, 0.25) is 5.91 Å². The number of piperazine rings is 1. The lowest BCUT2D eigenvalue weighted by Gasteiger charge is -2.32. The zero-order chi connectivity index (χ0) is 24.5. The molecule has 0 spiro atoms. The number of rotatable bonds is 7. The number of fused-ring (bicyclic) bond motifs is 1. The minimum atomic E-state index is -0.895. The Morgan fingerprint density at radius 2 is 2.09 bits per heavy atom. The van der Waals surface area contributed by atoms with Gasteiger partial charge >= 0.3 is 0 Å². The van der Waals surface area contributed by atoms with Crippen LogP contribution in [-0.2, 0) is 21.4 Å². The second kappa shape index (κ2) is 10.1. The van der Waals surface area contributed by atoms with Crippen molar-refractivity contribution < 1.29 is 19.0 Å². The number of methoxy groups -OCH3 is 1. The van der Waals surface area contributed by atoms with Gasteiger partial charge in [-0.15, -0.1) is 0 Å². The Morgan fingerprint density at radius 1 is 1.35 bits per heavy atom. The Labute approximate surface area is 200 Å². The lowest BCUT2D eigenvalue weighted by Crippen LogP contribution is -2.52. The number of hydrogen-bond acceptors (Lipinski definition) is 6. The highest BCUT2D eigenvalue weighted by atomic mass is 19.1. The molecule has 1 amide bonds. The van der Waals surface area contributed by atoms with Crippen molar-refractivity contribution in [2.45, 2.75) is 44.8 Å². The van der Waals surface area contributed by atoms with Crippen molar-refractivity contribution in [2.24, 2.45) is 0 Å². The molecule has 34 heavy (non-hydrogen) atoms. The van der Waals surface area contributed by atoms with Crippen LogP contribution >= 0.6 is 0 Å². The van der Waals surface area contributed by atoms with Gasteiger partial charge in [-0.25, -0.2) is 4.39 Å². The lowest BCUT2D eigenvalue weighted by atomic mass is 9.90. The van der Waals surface area contributed by atoms with Gasteiger partial charge in [-0.3, -0.25) is 14.7 Å². The fourth-order valence-electron chi connectivity index (χ4n) is 4.96. The molecule has 2 aliphatic heterocycles. The van der Waals surface area contributed by atoms with Crippen LogP contribution in [0.1, 0.15) is 49.4 Å². The molecule has 1 aromatic carbocycles. The van der Waals surface area contributed by atoms with Crippen LogP contribution in [-0.4, -0.2) is 73.4 Å². The molecule has 2 N–H and O–H groups in total. The van der Waals surface area contributed by atoms with Crippen LogP contribution in [0.2, 0.25) is 0 Å². The minimum absolute atomic E-state index is 0.0562. The summed E-state index contributed by atoms with van der Waals surface area (Å²) in [6, 6.07) is 8.65. The molecular formula is C26H35FN4O3. The number of benzene rings is 1. The zero-order valence-electron chi connectivity index (χ0n) is 20.5. The molecule has 184 valence electrons. The van der Waals surface area contributed by atoms with E-state index in [2.05, 4.69) is 31.0 Å². The topological polar surface area (TPSA) is 77.9 Å². The van der Waals surface area contributed by atoms with Gasteiger partial charge in [-0.1, -0.05) is 26.0 Å². The maximum atomic E-state index is 13.4. The molecule has 1 aromatic heterocycles. The molecular weight excluding hydrogens is 435 g/mol. The lowest BCUT2D eigenvalue weighted by molar-refractivity contribution is -0.120. The quantitative estimate of drug-likeness (QED) is 0.647. The summed E-state index contributed by atoms with van der Waals surface area (Å²) in [5, 5.41) is 14.2. The Balaban J connectivity index is 1.68. The van der Waals surface area contributed by atoms with E-state index in [4.69, 9.17) is 9.72 Å².